The van der Waals surface area contributed by atoms with Gasteiger partial charge in [-0.1, -0.05) is 25.3 Å². The lowest BCUT2D eigenvalue weighted by molar-refractivity contribution is 0.0697. The second-order valence-electron chi connectivity index (χ2n) is 4.82. The summed E-state index contributed by atoms with van der Waals surface area (Å²) in [5, 5.41) is 15.8. The van der Waals surface area contributed by atoms with Gasteiger partial charge in [-0.2, -0.15) is 0 Å². The first-order valence-electron chi connectivity index (χ1n) is 6.56. The van der Waals surface area contributed by atoms with E-state index in [2.05, 4.69) is 10.6 Å². The Morgan fingerprint density at radius 3 is 2.68 bits per heavy atom. The zero-order valence-corrected chi connectivity index (χ0v) is 11.5. The molecule has 1 aliphatic carbocycles. The highest BCUT2D eigenvalue weighted by molar-refractivity contribution is 7.80. The van der Waals surface area contributed by atoms with Crippen LogP contribution in [0, 0.1) is 0 Å². The molecule has 2 rings (SSSR count). The molecule has 1 saturated carbocycles. The van der Waals surface area contributed by atoms with Crippen LogP contribution in [-0.2, 0) is 0 Å². The van der Waals surface area contributed by atoms with Gasteiger partial charge >= 0.3 is 5.97 Å². The van der Waals surface area contributed by atoms with Crippen LogP contribution >= 0.6 is 12.2 Å². The minimum Gasteiger partial charge on any atom is -0.478 e. The monoisotopic (exact) mass is 278 g/mol. The van der Waals surface area contributed by atoms with Crippen LogP contribution in [-0.4, -0.2) is 22.2 Å². The zero-order chi connectivity index (χ0) is 13.7. The highest BCUT2D eigenvalue weighted by atomic mass is 32.1. The van der Waals surface area contributed by atoms with Crippen molar-refractivity contribution in [2.24, 2.45) is 0 Å². The molecule has 1 aromatic carbocycles. The Morgan fingerprint density at radius 1 is 1.26 bits per heavy atom. The third-order valence-corrected chi connectivity index (χ3v) is 3.53. The quantitative estimate of drug-likeness (QED) is 0.742. The third kappa shape index (κ3) is 4.21. The summed E-state index contributed by atoms with van der Waals surface area (Å²) in [7, 11) is 0. The van der Waals surface area contributed by atoms with E-state index in [9.17, 15) is 4.79 Å². The first-order chi connectivity index (χ1) is 9.15. The van der Waals surface area contributed by atoms with E-state index in [1.54, 1.807) is 24.3 Å². The van der Waals surface area contributed by atoms with Crippen molar-refractivity contribution in [1.29, 1.82) is 0 Å². The SMILES string of the molecule is O=C(O)c1cccc(NC(=S)NC2CCCCC2)c1. The van der Waals surface area contributed by atoms with Gasteiger partial charge in [-0.15, -0.1) is 0 Å². The standard InChI is InChI=1S/C14H18N2O2S/c17-13(18)10-5-4-8-12(9-10)16-14(19)15-11-6-2-1-3-7-11/h4-5,8-9,11H,1-3,6-7H2,(H,17,18)(H2,15,16,19). The van der Waals surface area contributed by atoms with Crippen LogP contribution in [0.5, 0.6) is 0 Å². The Morgan fingerprint density at radius 2 is 2.00 bits per heavy atom. The van der Waals surface area contributed by atoms with Crippen LogP contribution in [0.1, 0.15) is 42.5 Å². The maximum atomic E-state index is 10.9. The summed E-state index contributed by atoms with van der Waals surface area (Å²) >= 11 is 5.26. The molecule has 0 bridgehead atoms. The maximum absolute atomic E-state index is 10.9. The van der Waals surface area contributed by atoms with Gasteiger partial charge in [0.25, 0.3) is 0 Å². The van der Waals surface area contributed by atoms with E-state index >= 15 is 0 Å². The molecule has 0 aromatic heterocycles. The molecule has 1 aliphatic rings. The highest BCUT2D eigenvalue weighted by Crippen LogP contribution is 2.17. The van der Waals surface area contributed by atoms with Crippen molar-refractivity contribution in [2.45, 2.75) is 38.1 Å². The molecule has 0 heterocycles. The second-order valence-corrected chi connectivity index (χ2v) is 5.23. The molecule has 1 fully saturated rings. The normalized spacial score (nSPS) is 15.8. The van der Waals surface area contributed by atoms with E-state index in [1.807, 2.05) is 0 Å². The summed E-state index contributed by atoms with van der Waals surface area (Å²) in [6, 6.07) is 7.09. The van der Waals surface area contributed by atoms with Crippen molar-refractivity contribution in [1.82, 2.24) is 5.32 Å². The molecule has 5 heteroatoms. The number of benzene rings is 1. The van der Waals surface area contributed by atoms with E-state index in [4.69, 9.17) is 17.3 Å². The Labute approximate surface area is 118 Å². The summed E-state index contributed by atoms with van der Waals surface area (Å²) in [5.41, 5.74) is 0.957. The summed E-state index contributed by atoms with van der Waals surface area (Å²) in [5.74, 6) is -0.935. The number of hydrogen-bond acceptors (Lipinski definition) is 2. The smallest absolute Gasteiger partial charge is 0.335 e. The molecular formula is C14H18N2O2S. The molecule has 19 heavy (non-hydrogen) atoms. The van der Waals surface area contributed by atoms with Gasteiger partial charge in [-0.25, -0.2) is 4.79 Å². The first kappa shape index (κ1) is 13.8. The van der Waals surface area contributed by atoms with E-state index in [0.29, 0.717) is 16.8 Å². The van der Waals surface area contributed by atoms with Crippen LogP contribution in [0.25, 0.3) is 0 Å². The second kappa shape index (κ2) is 6.52. The predicted molar refractivity (Wildman–Crippen MR) is 79.6 cm³/mol. The fourth-order valence-electron chi connectivity index (χ4n) is 2.33. The lowest BCUT2D eigenvalue weighted by Gasteiger charge is -2.24. The van der Waals surface area contributed by atoms with Gasteiger partial charge in [0.1, 0.15) is 0 Å². The van der Waals surface area contributed by atoms with Crippen LogP contribution in [0.15, 0.2) is 24.3 Å². The van der Waals surface area contributed by atoms with Crippen molar-refractivity contribution < 1.29 is 9.90 Å². The fraction of sp³-hybridized carbons (Fsp3) is 0.429. The Bertz CT molecular complexity index is 470. The average molecular weight is 278 g/mol. The van der Waals surface area contributed by atoms with Crippen molar-refractivity contribution in [3.8, 4) is 0 Å². The molecule has 0 aliphatic heterocycles. The molecule has 0 spiro atoms. The molecule has 0 saturated heterocycles. The number of carboxylic acids is 1. The van der Waals surface area contributed by atoms with Gasteiger partial charge in [-0.3, -0.25) is 0 Å². The number of rotatable bonds is 3. The maximum Gasteiger partial charge on any atom is 0.335 e. The number of aromatic carboxylic acids is 1. The number of carboxylic acid groups (broad SMARTS) is 1. The van der Waals surface area contributed by atoms with Crippen LogP contribution in [0.3, 0.4) is 0 Å². The summed E-state index contributed by atoms with van der Waals surface area (Å²) in [6.07, 6.45) is 6.09. The van der Waals surface area contributed by atoms with E-state index < -0.39 is 5.97 Å². The van der Waals surface area contributed by atoms with Crippen LogP contribution < -0.4 is 10.6 Å². The van der Waals surface area contributed by atoms with Gasteiger partial charge in [0.15, 0.2) is 5.11 Å². The Hall–Kier alpha value is -1.62. The summed E-state index contributed by atoms with van der Waals surface area (Å²) in [6.45, 7) is 0. The number of carbonyl (C=O) groups is 1. The fourth-order valence-corrected chi connectivity index (χ4v) is 2.61. The van der Waals surface area contributed by atoms with Gasteiger partial charge < -0.3 is 15.7 Å². The van der Waals surface area contributed by atoms with Crippen molar-refractivity contribution >= 4 is 29.0 Å². The molecule has 1 aromatic rings. The molecule has 0 atom stereocenters. The molecule has 102 valence electrons. The highest BCUT2D eigenvalue weighted by Gasteiger charge is 2.14. The topological polar surface area (TPSA) is 61.4 Å². The van der Waals surface area contributed by atoms with Gasteiger partial charge in [0.05, 0.1) is 5.56 Å². The number of hydrogen-bond donors (Lipinski definition) is 3. The van der Waals surface area contributed by atoms with Crippen molar-refractivity contribution in [3.63, 3.8) is 0 Å². The molecule has 3 N–H and O–H groups in total. The van der Waals surface area contributed by atoms with Crippen LogP contribution in [0.2, 0.25) is 0 Å². The molecule has 0 unspecified atom stereocenters. The van der Waals surface area contributed by atoms with Gasteiger partial charge in [-0.05, 0) is 43.3 Å². The van der Waals surface area contributed by atoms with E-state index in [1.165, 1.54) is 19.3 Å². The molecular weight excluding hydrogens is 260 g/mol. The Balaban J connectivity index is 1.90. The number of thiocarbonyl (C=S) groups is 1. The third-order valence-electron chi connectivity index (χ3n) is 3.31. The number of nitrogens with one attached hydrogen (secondary N) is 2. The Kier molecular flexibility index (Phi) is 4.74. The van der Waals surface area contributed by atoms with Crippen LogP contribution in [0.4, 0.5) is 5.69 Å². The minimum absolute atomic E-state index is 0.255. The van der Waals surface area contributed by atoms with E-state index in [-0.39, 0.29) is 5.56 Å². The lowest BCUT2D eigenvalue weighted by atomic mass is 9.96. The zero-order valence-electron chi connectivity index (χ0n) is 10.7. The molecule has 0 radical (unpaired) electrons. The number of anilines is 1. The molecule has 4 nitrogen and oxygen atoms in total. The predicted octanol–water partition coefficient (Wildman–Crippen LogP) is 3.00. The lowest BCUT2D eigenvalue weighted by Crippen LogP contribution is -2.38. The van der Waals surface area contributed by atoms with Gasteiger partial charge in [0, 0.05) is 11.7 Å². The van der Waals surface area contributed by atoms with Crippen molar-refractivity contribution in [2.75, 3.05) is 5.32 Å². The summed E-state index contributed by atoms with van der Waals surface area (Å²) < 4.78 is 0. The largest absolute Gasteiger partial charge is 0.478 e. The average Bonchev–Trinajstić information content (AvgIpc) is 2.40. The van der Waals surface area contributed by atoms with E-state index in [0.717, 1.165) is 12.8 Å². The minimum atomic E-state index is -0.935. The van der Waals surface area contributed by atoms with Crippen molar-refractivity contribution in [3.05, 3.63) is 29.8 Å². The molecule has 0 amide bonds. The first-order valence-corrected chi connectivity index (χ1v) is 6.97. The van der Waals surface area contributed by atoms with Gasteiger partial charge in [0.2, 0.25) is 0 Å². The summed E-state index contributed by atoms with van der Waals surface area (Å²) in [4.78, 5) is 10.9.